The summed E-state index contributed by atoms with van der Waals surface area (Å²) >= 11 is 0. The van der Waals surface area contributed by atoms with Gasteiger partial charge >= 0.3 is 5.97 Å². The molecule has 0 saturated heterocycles. The summed E-state index contributed by atoms with van der Waals surface area (Å²) < 4.78 is 0. The summed E-state index contributed by atoms with van der Waals surface area (Å²) in [5, 5.41) is 8.92. The zero-order chi connectivity index (χ0) is 9.03. The van der Waals surface area contributed by atoms with Crippen molar-refractivity contribution in [2.24, 2.45) is 5.41 Å². The topological polar surface area (TPSA) is 37.3 Å². The van der Waals surface area contributed by atoms with E-state index < -0.39 is 11.4 Å². The number of carboxylic acids is 1. The van der Waals surface area contributed by atoms with Crippen LogP contribution in [-0.2, 0) is 4.79 Å². The standard InChI is InChI=1S/C10H14O2/c1-2-3-4-6-10(9(11)12)7-5-8-10/h2,5-8H2,1H3,(H,11,12). The largest absolute Gasteiger partial charge is 0.481 e. The summed E-state index contributed by atoms with van der Waals surface area (Å²) in [5.74, 6) is 5.17. The predicted octanol–water partition coefficient (Wildman–Crippen LogP) is 2.04. The van der Waals surface area contributed by atoms with E-state index in [1.807, 2.05) is 6.92 Å². The molecule has 0 aliphatic heterocycles. The Labute approximate surface area is 73.0 Å². The lowest BCUT2D eigenvalue weighted by Gasteiger charge is -2.35. The Hall–Kier alpha value is -0.970. The Kier molecular flexibility index (Phi) is 2.75. The van der Waals surface area contributed by atoms with E-state index in [-0.39, 0.29) is 0 Å². The maximum absolute atomic E-state index is 10.8. The molecular formula is C10H14O2. The monoisotopic (exact) mass is 166 g/mol. The van der Waals surface area contributed by atoms with Gasteiger partial charge in [-0.2, -0.15) is 0 Å². The third-order valence-corrected chi connectivity index (χ3v) is 2.49. The highest BCUT2D eigenvalue weighted by Crippen LogP contribution is 2.43. The van der Waals surface area contributed by atoms with Crippen LogP contribution in [0.2, 0.25) is 0 Å². The molecule has 1 aliphatic rings. The molecule has 66 valence electrons. The molecule has 0 heterocycles. The van der Waals surface area contributed by atoms with E-state index in [2.05, 4.69) is 11.8 Å². The summed E-state index contributed by atoms with van der Waals surface area (Å²) in [6.07, 6.45) is 4.01. The van der Waals surface area contributed by atoms with Crippen molar-refractivity contribution in [1.29, 1.82) is 0 Å². The van der Waals surface area contributed by atoms with Gasteiger partial charge in [0.15, 0.2) is 0 Å². The smallest absolute Gasteiger partial charge is 0.310 e. The van der Waals surface area contributed by atoms with Gasteiger partial charge < -0.3 is 5.11 Å². The number of carbonyl (C=O) groups is 1. The highest BCUT2D eigenvalue weighted by Gasteiger charge is 2.43. The maximum atomic E-state index is 10.8. The zero-order valence-corrected chi connectivity index (χ0v) is 7.39. The minimum Gasteiger partial charge on any atom is -0.481 e. The Balaban J connectivity index is 2.51. The van der Waals surface area contributed by atoms with E-state index >= 15 is 0 Å². The summed E-state index contributed by atoms with van der Waals surface area (Å²) in [6.45, 7) is 1.97. The van der Waals surface area contributed by atoms with Gasteiger partial charge in [0.05, 0.1) is 5.41 Å². The summed E-state index contributed by atoms with van der Waals surface area (Å²) in [7, 11) is 0. The van der Waals surface area contributed by atoms with Crippen LogP contribution >= 0.6 is 0 Å². The van der Waals surface area contributed by atoms with E-state index in [1.54, 1.807) is 0 Å². The molecule has 0 radical (unpaired) electrons. The number of rotatable bonds is 2. The Morgan fingerprint density at radius 2 is 2.17 bits per heavy atom. The van der Waals surface area contributed by atoms with E-state index in [0.717, 1.165) is 25.7 Å². The molecule has 0 unspecified atom stereocenters. The van der Waals surface area contributed by atoms with E-state index in [1.165, 1.54) is 0 Å². The third kappa shape index (κ3) is 1.61. The lowest BCUT2D eigenvalue weighted by atomic mass is 9.67. The molecule has 1 aliphatic carbocycles. The van der Waals surface area contributed by atoms with Gasteiger partial charge in [0.1, 0.15) is 0 Å². The van der Waals surface area contributed by atoms with Crippen LogP contribution in [0.25, 0.3) is 0 Å². The Morgan fingerprint density at radius 1 is 1.50 bits per heavy atom. The molecule has 0 amide bonds. The van der Waals surface area contributed by atoms with Crippen LogP contribution in [-0.4, -0.2) is 11.1 Å². The van der Waals surface area contributed by atoms with Crippen LogP contribution in [0.15, 0.2) is 0 Å². The summed E-state index contributed by atoms with van der Waals surface area (Å²) in [5.41, 5.74) is -0.484. The van der Waals surface area contributed by atoms with Crippen molar-refractivity contribution in [3.63, 3.8) is 0 Å². The summed E-state index contributed by atoms with van der Waals surface area (Å²) in [4.78, 5) is 10.8. The van der Waals surface area contributed by atoms with Gasteiger partial charge in [-0.25, -0.2) is 0 Å². The predicted molar refractivity (Wildman–Crippen MR) is 46.6 cm³/mol. The number of aliphatic carboxylic acids is 1. The first-order valence-electron chi connectivity index (χ1n) is 4.40. The van der Waals surface area contributed by atoms with Crippen molar-refractivity contribution in [2.75, 3.05) is 0 Å². The fourth-order valence-corrected chi connectivity index (χ4v) is 1.43. The minimum atomic E-state index is -0.667. The molecule has 0 bridgehead atoms. The Bertz CT molecular complexity index is 228. The van der Waals surface area contributed by atoms with Crippen molar-refractivity contribution in [1.82, 2.24) is 0 Å². The molecule has 0 aromatic carbocycles. The van der Waals surface area contributed by atoms with Crippen LogP contribution in [0, 0.1) is 17.3 Å². The third-order valence-electron chi connectivity index (χ3n) is 2.49. The van der Waals surface area contributed by atoms with Gasteiger partial charge in [-0.3, -0.25) is 4.79 Å². The first-order valence-corrected chi connectivity index (χ1v) is 4.40. The number of carboxylic acid groups (broad SMARTS) is 1. The van der Waals surface area contributed by atoms with Crippen molar-refractivity contribution in [3.05, 3.63) is 0 Å². The van der Waals surface area contributed by atoms with Crippen LogP contribution in [0.4, 0.5) is 0 Å². The highest BCUT2D eigenvalue weighted by atomic mass is 16.4. The van der Waals surface area contributed by atoms with Gasteiger partial charge in [0.25, 0.3) is 0 Å². The van der Waals surface area contributed by atoms with Gasteiger partial charge in [-0.15, -0.1) is 11.8 Å². The number of hydrogen-bond donors (Lipinski definition) is 1. The molecule has 0 spiro atoms. The van der Waals surface area contributed by atoms with Crippen molar-refractivity contribution >= 4 is 5.97 Å². The second kappa shape index (κ2) is 3.62. The molecule has 1 fully saturated rings. The van der Waals surface area contributed by atoms with E-state index in [0.29, 0.717) is 6.42 Å². The molecule has 0 atom stereocenters. The van der Waals surface area contributed by atoms with E-state index in [4.69, 9.17) is 5.11 Å². The van der Waals surface area contributed by atoms with Gasteiger partial charge in [0, 0.05) is 12.8 Å². The normalized spacial score (nSPS) is 18.8. The second-order valence-electron chi connectivity index (χ2n) is 3.32. The second-order valence-corrected chi connectivity index (χ2v) is 3.32. The fourth-order valence-electron chi connectivity index (χ4n) is 1.43. The van der Waals surface area contributed by atoms with Crippen molar-refractivity contribution in [2.45, 2.75) is 39.0 Å². The molecule has 12 heavy (non-hydrogen) atoms. The zero-order valence-electron chi connectivity index (χ0n) is 7.39. The van der Waals surface area contributed by atoms with Crippen molar-refractivity contribution < 1.29 is 9.90 Å². The number of hydrogen-bond acceptors (Lipinski definition) is 1. The molecule has 1 saturated carbocycles. The molecule has 0 aromatic heterocycles. The molecular weight excluding hydrogens is 152 g/mol. The van der Waals surface area contributed by atoms with Crippen LogP contribution in [0.3, 0.4) is 0 Å². The molecule has 2 heteroatoms. The van der Waals surface area contributed by atoms with Gasteiger partial charge in [-0.1, -0.05) is 13.3 Å². The summed E-state index contributed by atoms with van der Waals surface area (Å²) in [6, 6.07) is 0. The lowest BCUT2D eigenvalue weighted by Crippen LogP contribution is -2.37. The van der Waals surface area contributed by atoms with Gasteiger partial charge in [0.2, 0.25) is 0 Å². The first kappa shape index (κ1) is 9.12. The van der Waals surface area contributed by atoms with Crippen LogP contribution in [0.1, 0.15) is 39.0 Å². The molecule has 1 rings (SSSR count). The molecule has 0 aromatic rings. The average molecular weight is 166 g/mol. The van der Waals surface area contributed by atoms with Crippen LogP contribution < -0.4 is 0 Å². The lowest BCUT2D eigenvalue weighted by molar-refractivity contribution is -0.154. The molecule has 1 N–H and O–H groups in total. The first-order chi connectivity index (χ1) is 5.71. The maximum Gasteiger partial charge on any atom is 0.310 e. The van der Waals surface area contributed by atoms with Crippen LogP contribution in [0.5, 0.6) is 0 Å². The minimum absolute atomic E-state index is 0.484. The quantitative estimate of drug-likeness (QED) is 0.637. The van der Waals surface area contributed by atoms with E-state index in [9.17, 15) is 4.79 Å². The molecule has 2 nitrogen and oxygen atoms in total. The fraction of sp³-hybridized carbons (Fsp3) is 0.700. The van der Waals surface area contributed by atoms with Crippen molar-refractivity contribution in [3.8, 4) is 11.8 Å². The average Bonchev–Trinajstić information content (AvgIpc) is 1.94. The SMILES string of the molecule is CCC#CCC1(C(=O)O)CCC1. The highest BCUT2D eigenvalue weighted by molar-refractivity contribution is 5.76. The van der Waals surface area contributed by atoms with Gasteiger partial charge in [-0.05, 0) is 12.8 Å². The Morgan fingerprint density at radius 3 is 2.50 bits per heavy atom.